The number of hydrogen-bond donors (Lipinski definition) is 3. The Morgan fingerprint density at radius 2 is 1.79 bits per heavy atom. The molecule has 3 rings (SSSR count). The van der Waals surface area contributed by atoms with Gasteiger partial charge in [-0.1, -0.05) is 30.3 Å². The van der Waals surface area contributed by atoms with Crippen LogP contribution in [0.5, 0.6) is 0 Å². The van der Waals surface area contributed by atoms with Gasteiger partial charge in [-0.05, 0) is 42.5 Å². The fraction of sp³-hybridized carbons (Fsp3) is 0. The first kappa shape index (κ1) is 15.7. The van der Waals surface area contributed by atoms with Gasteiger partial charge in [0.25, 0.3) is 0 Å². The second kappa shape index (κ2) is 6.51. The van der Waals surface area contributed by atoms with Gasteiger partial charge in [0.15, 0.2) is 10.8 Å². The van der Waals surface area contributed by atoms with Crippen LogP contribution in [0.1, 0.15) is 10.5 Å². The van der Waals surface area contributed by atoms with Crippen molar-refractivity contribution in [1.82, 2.24) is 9.78 Å². The van der Waals surface area contributed by atoms with E-state index in [9.17, 15) is 9.90 Å². The molecule has 6 nitrogen and oxygen atoms in total. The number of nitrogens with two attached hydrogens (primary N) is 1. The third-order valence-electron chi connectivity index (χ3n) is 3.38. The second-order valence-electron chi connectivity index (χ2n) is 5.03. The smallest absolute Gasteiger partial charge is 0.356 e. The number of benzene rings is 2. The lowest BCUT2D eigenvalue weighted by Gasteiger charge is -2.09. The topological polar surface area (TPSA) is 93.2 Å². The van der Waals surface area contributed by atoms with Crippen LogP contribution in [0.2, 0.25) is 0 Å². The summed E-state index contributed by atoms with van der Waals surface area (Å²) in [5, 5.41) is 16.5. The second-order valence-corrected chi connectivity index (χ2v) is 5.47. The molecule has 24 heavy (non-hydrogen) atoms. The predicted octanol–water partition coefficient (Wildman–Crippen LogP) is 2.89. The van der Waals surface area contributed by atoms with Crippen LogP contribution in [0.3, 0.4) is 0 Å². The summed E-state index contributed by atoms with van der Waals surface area (Å²) in [6.45, 7) is 0. The van der Waals surface area contributed by atoms with Crippen LogP contribution < -0.4 is 11.1 Å². The first-order chi connectivity index (χ1) is 11.5. The molecule has 0 saturated carbocycles. The van der Waals surface area contributed by atoms with Crippen LogP contribution in [-0.2, 0) is 0 Å². The number of anilines is 1. The van der Waals surface area contributed by atoms with Gasteiger partial charge in [0.1, 0.15) is 0 Å². The molecule has 0 saturated heterocycles. The number of nitrogens with one attached hydrogen (secondary N) is 1. The molecule has 0 aliphatic carbocycles. The number of carbonyl (C=O) groups is 1. The molecule has 7 heteroatoms. The molecule has 0 spiro atoms. The molecule has 120 valence electrons. The molecule has 4 N–H and O–H groups in total. The van der Waals surface area contributed by atoms with E-state index in [-0.39, 0.29) is 10.8 Å². The average Bonchev–Trinajstić information content (AvgIpc) is 3.01. The van der Waals surface area contributed by atoms with Gasteiger partial charge in [-0.15, -0.1) is 0 Å². The molecular weight excluding hydrogens is 324 g/mol. The first-order valence-corrected chi connectivity index (χ1v) is 7.51. The van der Waals surface area contributed by atoms with Gasteiger partial charge in [0, 0.05) is 11.3 Å². The maximum Gasteiger partial charge on any atom is 0.356 e. The lowest BCUT2D eigenvalue weighted by molar-refractivity contribution is 0.0690. The fourth-order valence-electron chi connectivity index (χ4n) is 2.33. The van der Waals surface area contributed by atoms with E-state index in [0.717, 1.165) is 16.9 Å². The number of carboxylic acids is 1. The van der Waals surface area contributed by atoms with Gasteiger partial charge in [0.05, 0.1) is 11.4 Å². The van der Waals surface area contributed by atoms with Crippen molar-refractivity contribution < 1.29 is 9.90 Å². The van der Waals surface area contributed by atoms with E-state index in [0.29, 0.717) is 5.69 Å². The van der Waals surface area contributed by atoms with Gasteiger partial charge in [-0.3, -0.25) is 0 Å². The number of hydrogen-bond acceptors (Lipinski definition) is 3. The van der Waals surface area contributed by atoms with Gasteiger partial charge < -0.3 is 16.2 Å². The Morgan fingerprint density at radius 1 is 1.12 bits per heavy atom. The summed E-state index contributed by atoms with van der Waals surface area (Å²) in [5.74, 6) is -1.07. The lowest BCUT2D eigenvalue weighted by atomic mass is 10.1. The highest BCUT2D eigenvalue weighted by Gasteiger charge is 2.15. The van der Waals surface area contributed by atoms with Crippen molar-refractivity contribution in [2.45, 2.75) is 0 Å². The molecule has 0 unspecified atom stereocenters. The van der Waals surface area contributed by atoms with Gasteiger partial charge in [-0.2, -0.15) is 5.10 Å². The zero-order valence-corrected chi connectivity index (χ0v) is 13.3. The molecule has 1 heterocycles. The number of aromatic nitrogens is 2. The van der Waals surface area contributed by atoms with Crippen LogP contribution in [-0.4, -0.2) is 26.0 Å². The van der Waals surface area contributed by atoms with E-state index >= 15 is 0 Å². The minimum absolute atomic E-state index is 0.0146. The summed E-state index contributed by atoms with van der Waals surface area (Å²) < 4.78 is 1.60. The normalized spacial score (nSPS) is 10.3. The van der Waals surface area contributed by atoms with E-state index in [1.54, 1.807) is 22.9 Å². The van der Waals surface area contributed by atoms with Crippen LogP contribution in [0.15, 0.2) is 60.7 Å². The minimum atomic E-state index is -1.07. The Bertz CT molecular complexity index is 889. The zero-order chi connectivity index (χ0) is 17.1. The average molecular weight is 338 g/mol. The molecule has 3 aromatic rings. The lowest BCUT2D eigenvalue weighted by Crippen LogP contribution is -2.18. The highest BCUT2D eigenvalue weighted by molar-refractivity contribution is 7.80. The van der Waals surface area contributed by atoms with E-state index in [4.69, 9.17) is 18.0 Å². The number of carboxylic acid groups (broad SMARTS) is 1. The van der Waals surface area contributed by atoms with Crippen LogP contribution >= 0.6 is 12.2 Å². The molecular formula is C17H14N4O2S. The summed E-state index contributed by atoms with van der Waals surface area (Å²) in [6.07, 6.45) is 0. The van der Waals surface area contributed by atoms with Crippen molar-refractivity contribution in [3.8, 4) is 16.9 Å². The summed E-state index contributed by atoms with van der Waals surface area (Å²) >= 11 is 4.80. The van der Waals surface area contributed by atoms with Crippen LogP contribution in [0.4, 0.5) is 5.69 Å². The quantitative estimate of drug-likeness (QED) is 0.633. The Labute approximate surface area is 143 Å². The van der Waals surface area contributed by atoms with E-state index in [2.05, 4.69) is 10.4 Å². The summed E-state index contributed by atoms with van der Waals surface area (Å²) in [4.78, 5) is 11.3. The third kappa shape index (κ3) is 3.26. The number of rotatable bonds is 4. The number of nitrogens with zero attached hydrogens (tertiary/aromatic N) is 2. The van der Waals surface area contributed by atoms with E-state index in [1.807, 2.05) is 42.5 Å². The SMILES string of the molecule is NC(=S)Nc1ccc(-n2nc(C(=O)O)cc2-c2ccccc2)cc1. The maximum absolute atomic E-state index is 11.3. The van der Waals surface area contributed by atoms with Crippen molar-refractivity contribution >= 4 is 29.0 Å². The largest absolute Gasteiger partial charge is 0.476 e. The highest BCUT2D eigenvalue weighted by atomic mass is 32.1. The minimum Gasteiger partial charge on any atom is -0.476 e. The molecule has 0 aliphatic rings. The van der Waals surface area contributed by atoms with Crippen molar-refractivity contribution in [2.24, 2.45) is 5.73 Å². The maximum atomic E-state index is 11.3. The highest BCUT2D eigenvalue weighted by Crippen LogP contribution is 2.24. The van der Waals surface area contributed by atoms with Gasteiger partial charge in [0.2, 0.25) is 0 Å². The van der Waals surface area contributed by atoms with E-state index in [1.165, 1.54) is 0 Å². The Kier molecular flexibility index (Phi) is 4.26. The Balaban J connectivity index is 2.06. The third-order valence-corrected chi connectivity index (χ3v) is 3.48. The fourth-order valence-corrected chi connectivity index (χ4v) is 2.44. The predicted molar refractivity (Wildman–Crippen MR) is 96.4 cm³/mol. The summed E-state index contributed by atoms with van der Waals surface area (Å²) in [6, 6.07) is 18.3. The number of aromatic carboxylic acids is 1. The van der Waals surface area contributed by atoms with Crippen LogP contribution in [0, 0.1) is 0 Å². The molecule has 0 bridgehead atoms. The number of thiocarbonyl (C=S) groups is 1. The standard InChI is InChI=1S/C17H14N4O2S/c18-17(24)19-12-6-8-13(9-7-12)21-15(10-14(20-21)16(22)23)11-4-2-1-3-5-11/h1-10H,(H,22,23)(H3,18,19,24). The monoisotopic (exact) mass is 338 g/mol. The van der Waals surface area contributed by atoms with Crippen LogP contribution in [0.25, 0.3) is 16.9 Å². The Morgan fingerprint density at radius 3 is 2.38 bits per heavy atom. The van der Waals surface area contributed by atoms with E-state index < -0.39 is 5.97 Å². The van der Waals surface area contributed by atoms with Crippen molar-refractivity contribution in [2.75, 3.05) is 5.32 Å². The summed E-state index contributed by atoms with van der Waals surface area (Å²) in [7, 11) is 0. The molecule has 0 amide bonds. The Hall–Kier alpha value is -3.19. The van der Waals surface area contributed by atoms with Crippen molar-refractivity contribution in [1.29, 1.82) is 0 Å². The molecule has 0 aliphatic heterocycles. The molecule has 1 aromatic heterocycles. The first-order valence-electron chi connectivity index (χ1n) is 7.10. The molecule has 0 atom stereocenters. The molecule has 0 fully saturated rings. The van der Waals surface area contributed by atoms with Crippen molar-refractivity contribution in [3.63, 3.8) is 0 Å². The molecule has 0 radical (unpaired) electrons. The summed E-state index contributed by atoms with van der Waals surface area (Å²) in [5.41, 5.74) is 8.49. The zero-order valence-electron chi connectivity index (χ0n) is 12.5. The molecule has 2 aromatic carbocycles. The van der Waals surface area contributed by atoms with Gasteiger partial charge in [-0.25, -0.2) is 9.48 Å². The van der Waals surface area contributed by atoms with Gasteiger partial charge >= 0.3 is 5.97 Å². The van der Waals surface area contributed by atoms with Crippen molar-refractivity contribution in [3.05, 3.63) is 66.4 Å².